The standard InChI is InChI=1S/C14H22Cl2N2O2S/c1-5-6-10(2)18(4)21(19,20)13-8-12(15)7-11(9-17-3)14(13)16/h7-8,10,17H,5-6,9H2,1-4H3. The lowest BCUT2D eigenvalue weighted by Gasteiger charge is -2.25. The predicted octanol–water partition coefficient (Wildman–Crippen LogP) is 3.52. The van der Waals surface area contributed by atoms with Crippen LogP contribution in [0.4, 0.5) is 0 Å². The Morgan fingerprint density at radius 2 is 1.95 bits per heavy atom. The number of rotatable bonds is 7. The number of halogens is 2. The molecular formula is C14H22Cl2N2O2S. The van der Waals surface area contributed by atoms with Crippen molar-refractivity contribution in [2.45, 2.75) is 44.2 Å². The molecule has 0 aliphatic heterocycles. The van der Waals surface area contributed by atoms with E-state index in [-0.39, 0.29) is 16.0 Å². The summed E-state index contributed by atoms with van der Waals surface area (Å²) in [6.07, 6.45) is 1.70. The van der Waals surface area contributed by atoms with Gasteiger partial charge in [0.2, 0.25) is 10.0 Å². The molecule has 0 radical (unpaired) electrons. The molecule has 0 heterocycles. The van der Waals surface area contributed by atoms with Gasteiger partial charge in [-0.05, 0) is 38.1 Å². The molecule has 1 unspecified atom stereocenters. The first-order valence-electron chi connectivity index (χ1n) is 6.86. The summed E-state index contributed by atoms with van der Waals surface area (Å²) in [4.78, 5) is 0.0624. The Hall–Kier alpha value is -0.330. The van der Waals surface area contributed by atoms with Crippen LogP contribution in [0.2, 0.25) is 10.0 Å². The first kappa shape index (κ1) is 18.7. The molecule has 1 rings (SSSR count). The molecule has 0 aromatic heterocycles. The molecule has 21 heavy (non-hydrogen) atoms. The van der Waals surface area contributed by atoms with Gasteiger partial charge in [-0.15, -0.1) is 0 Å². The Morgan fingerprint density at radius 3 is 2.48 bits per heavy atom. The lowest BCUT2D eigenvalue weighted by molar-refractivity contribution is 0.368. The molecule has 4 nitrogen and oxygen atoms in total. The minimum absolute atomic E-state index is 0.0624. The van der Waals surface area contributed by atoms with Gasteiger partial charge in [-0.2, -0.15) is 4.31 Å². The first-order chi connectivity index (χ1) is 9.75. The van der Waals surface area contributed by atoms with Crippen molar-refractivity contribution < 1.29 is 8.42 Å². The summed E-state index contributed by atoms with van der Waals surface area (Å²) in [5.41, 5.74) is 0.668. The van der Waals surface area contributed by atoms with Gasteiger partial charge in [-0.25, -0.2) is 8.42 Å². The maximum atomic E-state index is 12.7. The van der Waals surface area contributed by atoms with Crippen molar-refractivity contribution in [3.63, 3.8) is 0 Å². The van der Waals surface area contributed by atoms with E-state index in [1.54, 1.807) is 20.2 Å². The molecule has 1 atom stereocenters. The Morgan fingerprint density at radius 1 is 1.33 bits per heavy atom. The number of sulfonamides is 1. The van der Waals surface area contributed by atoms with Crippen LogP contribution < -0.4 is 5.32 Å². The predicted molar refractivity (Wildman–Crippen MR) is 88.5 cm³/mol. The average molecular weight is 353 g/mol. The highest BCUT2D eigenvalue weighted by molar-refractivity contribution is 7.89. The van der Waals surface area contributed by atoms with Crippen LogP contribution in [0.15, 0.2) is 17.0 Å². The van der Waals surface area contributed by atoms with Gasteiger partial charge in [0.1, 0.15) is 4.90 Å². The van der Waals surface area contributed by atoms with Crippen LogP contribution in [0.25, 0.3) is 0 Å². The van der Waals surface area contributed by atoms with E-state index in [1.807, 2.05) is 13.8 Å². The second-order valence-corrected chi connectivity index (χ2v) is 7.85. The van der Waals surface area contributed by atoms with E-state index in [0.29, 0.717) is 17.1 Å². The van der Waals surface area contributed by atoms with Gasteiger partial charge in [0.05, 0.1) is 5.02 Å². The molecule has 120 valence electrons. The monoisotopic (exact) mass is 352 g/mol. The van der Waals surface area contributed by atoms with Crippen molar-refractivity contribution in [2.75, 3.05) is 14.1 Å². The second kappa shape index (κ2) is 7.79. The number of hydrogen-bond acceptors (Lipinski definition) is 3. The third kappa shape index (κ3) is 4.33. The molecule has 0 spiro atoms. The quantitative estimate of drug-likeness (QED) is 0.816. The maximum Gasteiger partial charge on any atom is 0.244 e. The summed E-state index contributed by atoms with van der Waals surface area (Å²) in [6.45, 7) is 4.36. The summed E-state index contributed by atoms with van der Waals surface area (Å²) in [6, 6.07) is 2.99. The largest absolute Gasteiger partial charge is 0.316 e. The van der Waals surface area contributed by atoms with Gasteiger partial charge >= 0.3 is 0 Å². The van der Waals surface area contributed by atoms with Crippen LogP contribution in [0.5, 0.6) is 0 Å². The molecule has 0 saturated carbocycles. The number of hydrogen-bond donors (Lipinski definition) is 1. The fourth-order valence-corrected chi connectivity index (χ4v) is 4.41. The molecule has 0 bridgehead atoms. The molecule has 0 aliphatic rings. The zero-order chi connectivity index (χ0) is 16.2. The van der Waals surface area contributed by atoms with Crippen molar-refractivity contribution in [1.29, 1.82) is 0 Å². The molecule has 1 aromatic carbocycles. The Bertz CT molecular complexity index is 591. The van der Waals surface area contributed by atoms with Crippen LogP contribution >= 0.6 is 23.2 Å². The Balaban J connectivity index is 3.31. The molecule has 0 amide bonds. The average Bonchev–Trinajstić information content (AvgIpc) is 2.41. The van der Waals surface area contributed by atoms with Crippen molar-refractivity contribution in [3.05, 3.63) is 27.7 Å². The summed E-state index contributed by atoms with van der Waals surface area (Å²) >= 11 is 12.3. The van der Waals surface area contributed by atoms with E-state index in [9.17, 15) is 8.42 Å². The highest BCUT2D eigenvalue weighted by Gasteiger charge is 2.28. The van der Waals surface area contributed by atoms with Crippen LogP contribution in [0.3, 0.4) is 0 Å². The Labute approximate surface area is 137 Å². The summed E-state index contributed by atoms with van der Waals surface area (Å²) < 4.78 is 26.8. The molecule has 0 aliphatic carbocycles. The van der Waals surface area contributed by atoms with Gasteiger partial charge in [0, 0.05) is 24.7 Å². The second-order valence-electron chi connectivity index (χ2n) is 5.07. The van der Waals surface area contributed by atoms with Gasteiger partial charge in [0.15, 0.2) is 0 Å². The fourth-order valence-electron chi connectivity index (χ4n) is 2.12. The van der Waals surface area contributed by atoms with E-state index in [2.05, 4.69) is 5.32 Å². The van der Waals surface area contributed by atoms with Gasteiger partial charge in [-0.1, -0.05) is 36.5 Å². The van der Waals surface area contributed by atoms with E-state index >= 15 is 0 Å². The summed E-state index contributed by atoms with van der Waals surface area (Å²) in [7, 11) is -0.326. The van der Waals surface area contributed by atoms with Gasteiger partial charge in [-0.3, -0.25) is 0 Å². The van der Waals surface area contributed by atoms with Crippen LogP contribution in [-0.2, 0) is 16.6 Å². The molecule has 1 N–H and O–H groups in total. The topological polar surface area (TPSA) is 49.4 Å². The minimum Gasteiger partial charge on any atom is -0.316 e. The maximum absolute atomic E-state index is 12.7. The number of nitrogens with one attached hydrogen (secondary N) is 1. The smallest absolute Gasteiger partial charge is 0.244 e. The Kier molecular flexibility index (Phi) is 6.94. The minimum atomic E-state index is -3.67. The zero-order valence-corrected chi connectivity index (χ0v) is 15.1. The van der Waals surface area contributed by atoms with E-state index in [0.717, 1.165) is 12.8 Å². The van der Waals surface area contributed by atoms with E-state index < -0.39 is 10.0 Å². The van der Waals surface area contributed by atoms with Crippen molar-refractivity contribution >= 4 is 33.2 Å². The molecule has 1 aromatic rings. The third-order valence-corrected chi connectivity index (χ3v) is 6.20. The van der Waals surface area contributed by atoms with Gasteiger partial charge in [0.25, 0.3) is 0 Å². The molecule has 0 saturated heterocycles. The summed E-state index contributed by atoms with van der Waals surface area (Å²) in [5, 5.41) is 3.54. The highest BCUT2D eigenvalue weighted by atomic mass is 35.5. The van der Waals surface area contributed by atoms with Crippen molar-refractivity contribution in [1.82, 2.24) is 9.62 Å². The van der Waals surface area contributed by atoms with Crippen molar-refractivity contribution in [3.8, 4) is 0 Å². The molecule has 7 heteroatoms. The van der Waals surface area contributed by atoms with Crippen LogP contribution in [-0.4, -0.2) is 32.9 Å². The SMILES string of the molecule is CCCC(C)N(C)S(=O)(=O)c1cc(Cl)cc(CNC)c1Cl. The number of benzene rings is 1. The van der Waals surface area contributed by atoms with E-state index in [4.69, 9.17) is 23.2 Å². The fraction of sp³-hybridized carbons (Fsp3) is 0.571. The van der Waals surface area contributed by atoms with Crippen LogP contribution in [0.1, 0.15) is 32.3 Å². The lowest BCUT2D eigenvalue weighted by atomic mass is 10.2. The van der Waals surface area contributed by atoms with Crippen LogP contribution in [0, 0.1) is 0 Å². The van der Waals surface area contributed by atoms with Gasteiger partial charge < -0.3 is 5.32 Å². The molecular weight excluding hydrogens is 331 g/mol. The van der Waals surface area contributed by atoms with Crippen molar-refractivity contribution in [2.24, 2.45) is 0 Å². The number of nitrogens with zero attached hydrogens (tertiary/aromatic N) is 1. The summed E-state index contributed by atoms with van der Waals surface area (Å²) in [5.74, 6) is 0. The zero-order valence-electron chi connectivity index (χ0n) is 12.8. The first-order valence-corrected chi connectivity index (χ1v) is 9.05. The normalized spacial score (nSPS) is 13.7. The third-order valence-electron chi connectivity index (χ3n) is 3.43. The highest BCUT2D eigenvalue weighted by Crippen LogP contribution is 2.32. The lowest BCUT2D eigenvalue weighted by Crippen LogP contribution is -2.35. The molecule has 0 fully saturated rings. The van der Waals surface area contributed by atoms with E-state index in [1.165, 1.54) is 10.4 Å².